The van der Waals surface area contributed by atoms with Crippen LogP contribution in [0.4, 0.5) is 5.69 Å². The molecule has 1 heterocycles. The molecule has 0 unspecified atom stereocenters. The molecular weight excluding hydrogens is 298 g/mol. The number of hydrogen-bond donors (Lipinski definition) is 2. The van der Waals surface area contributed by atoms with Crippen LogP contribution in [0.2, 0.25) is 0 Å². The van der Waals surface area contributed by atoms with Gasteiger partial charge < -0.3 is 15.5 Å². The SMILES string of the molecule is CC(C)C(=O)NC(=S)Nc1ccccc1C(=O)N1CCCC1. The number of hydrogen-bond acceptors (Lipinski definition) is 3. The number of nitrogens with zero attached hydrogens (tertiary/aromatic N) is 1. The van der Waals surface area contributed by atoms with Crippen LogP contribution in [0.25, 0.3) is 0 Å². The van der Waals surface area contributed by atoms with E-state index in [-0.39, 0.29) is 22.8 Å². The summed E-state index contributed by atoms with van der Waals surface area (Å²) in [5, 5.41) is 5.78. The minimum absolute atomic E-state index is 0.00131. The molecule has 0 bridgehead atoms. The second kappa shape index (κ2) is 7.35. The maximum Gasteiger partial charge on any atom is 0.255 e. The van der Waals surface area contributed by atoms with E-state index in [1.165, 1.54) is 0 Å². The van der Waals surface area contributed by atoms with E-state index in [4.69, 9.17) is 12.2 Å². The monoisotopic (exact) mass is 319 g/mol. The largest absolute Gasteiger partial charge is 0.339 e. The topological polar surface area (TPSA) is 61.4 Å². The Morgan fingerprint density at radius 3 is 2.45 bits per heavy atom. The third-order valence-electron chi connectivity index (χ3n) is 3.56. The van der Waals surface area contributed by atoms with Crippen molar-refractivity contribution in [3.05, 3.63) is 29.8 Å². The van der Waals surface area contributed by atoms with Gasteiger partial charge in [-0.1, -0.05) is 26.0 Å². The molecule has 0 aromatic heterocycles. The first-order valence-corrected chi connectivity index (χ1v) is 7.90. The maximum atomic E-state index is 12.5. The standard InChI is InChI=1S/C16H21N3O2S/c1-11(2)14(20)18-16(22)17-13-8-4-3-7-12(13)15(21)19-9-5-6-10-19/h3-4,7-8,11H,5-6,9-10H2,1-2H3,(H2,17,18,20,22). The molecule has 6 heteroatoms. The lowest BCUT2D eigenvalue weighted by Gasteiger charge is -2.19. The molecule has 2 rings (SSSR count). The van der Waals surface area contributed by atoms with Crippen molar-refractivity contribution in [2.75, 3.05) is 18.4 Å². The zero-order chi connectivity index (χ0) is 16.1. The van der Waals surface area contributed by atoms with Crippen LogP contribution in [-0.2, 0) is 4.79 Å². The van der Waals surface area contributed by atoms with Gasteiger partial charge in [0.25, 0.3) is 5.91 Å². The van der Waals surface area contributed by atoms with Crippen molar-refractivity contribution in [3.8, 4) is 0 Å². The van der Waals surface area contributed by atoms with Crippen molar-refractivity contribution >= 4 is 34.8 Å². The average Bonchev–Trinajstić information content (AvgIpc) is 3.01. The van der Waals surface area contributed by atoms with Gasteiger partial charge in [-0.05, 0) is 37.2 Å². The number of likely N-dealkylation sites (tertiary alicyclic amines) is 1. The van der Waals surface area contributed by atoms with Crippen LogP contribution in [0.5, 0.6) is 0 Å². The Labute approximate surface area is 136 Å². The Balaban J connectivity index is 2.09. The van der Waals surface area contributed by atoms with E-state index in [0.29, 0.717) is 11.3 Å². The normalized spacial score (nSPS) is 14.0. The lowest BCUT2D eigenvalue weighted by Crippen LogP contribution is -2.37. The Morgan fingerprint density at radius 2 is 1.82 bits per heavy atom. The highest BCUT2D eigenvalue weighted by atomic mass is 32.1. The zero-order valence-electron chi connectivity index (χ0n) is 12.9. The fraction of sp³-hybridized carbons (Fsp3) is 0.438. The van der Waals surface area contributed by atoms with Crippen molar-refractivity contribution in [2.24, 2.45) is 5.92 Å². The van der Waals surface area contributed by atoms with Crippen molar-refractivity contribution in [1.82, 2.24) is 10.2 Å². The number of amides is 2. The van der Waals surface area contributed by atoms with Gasteiger partial charge >= 0.3 is 0 Å². The molecule has 0 radical (unpaired) electrons. The van der Waals surface area contributed by atoms with E-state index in [2.05, 4.69) is 10.6 Å². The first kappa shape index (κ1) is 16.4. The highest BCUT2D eigenvalue weighted by molar-refractivity contribution is 7.80. The van der Waals surface area contributed by atoms with Gasteiger partial charge in [0.2, 0.25) is 5.91 Å². The van der Waals surface area contributed by atoms with E-state index in [1.807, 2.05) is 17.0 Å². The highest BCUT2D eigenvalue weighted by Gasteiger charge is 2.22. The molecule has 0 aliphatic carbocycles. The molecule has 118 valence electrons. The van der Waals surface area contributed by atoms with Crippen LogP contribution in [0.3, 0.4) is 0 Å². The molecule has 1 aliphatic rings. The Hall–Kier alpha value is -1.95. The first-order valence-electron chi connectivity index (χ1n) is 7.49. The number of nitrogens with one attached hydrogen (secondary N) is 2. The van der Waals surface area contributed by atoms with Gasteiger partial charge in [-0.15, -0.1) is 0 Å². The summed E-state index contributed by atoms with van der Waals surface area (Å²) in [6, 6.07) is 7.22. The number of thiocarbonyl (C=S) groups is 1. The van der Waals surface area contributed by atoms with Crippen LogP contribution in [0.15, 0.2) is 24.3 Å². The van der Waals surface area contributed by atoms with E-state index >= 15 is 0 Å². The van der Waals surface area contributed by atoms with Gasteiger partial charge in [0.05, 0.1) is 11.3 Å². The molecule has 0 spiro atoms. The number of benzene rings is 1. The zero-order valence-corrected chi connectivity index (χ0v) is 13.7. The molecule has 2 amide bonds. The molecular formula is C16H21N3O2S. The molecule has 5 nitrogen and oxygen atoms in total. The second-order valence-electron chi connectivity index (χ2n) is 5.64. The Morgan fingerprint density at radius 1 is 1.18 bits per heavy atom. The van der Waals surface area contributed by atoms with Gasteiger partial charge in [-0.3, -0.25) is 9.59 Å². The van der Waals surface area contributed by atoms with Crippen LogP contribution in [-0.4, -0.2) is 34.9 Å². The Kier molecular flexibility index (Phi) is 5.49. The number of carbonyl (C=O) groups excluding carboxylic acids is 2. The molecule has 1 aromatic rings. The predicted molar refractivity (Wildman–Crippen MR) is 90.8 cm³/mol. The molecule has 1 aromatic carbocycles. The molecule has 1 fully saturated rings. The lowest BCUT2D eigenvalue weighted by atomic mass is 10.1. The molecule has 0 saturated carbocycles. The average molecular weight is 319 g/mol. The van der Waals surface area contributed by atoms with E-state index in [9.17, 15) is 9.59 Å². The second-order valence-corrected chi connectivity index (χ2v) is 6.05. The molecule has 2 N–H and O–H groups in total. The third-order valence-corrected chi connectivity index (χ3v) is 3.76. The van der Waals surface area contributed by atoms with Crippen LogP contribution in [0, 0.1) is 5.92 Å². The summed E-state index contributed by atoms with van der Waals surface area (Å²) in [4.78, 5) is 26.0. The highest BCUT2D eigenvalue weighted by Crippen LogP contribution is 2.20. The predicted octanol–water partition coefficient (Wildman–Crippen LogP) is 2.39. The summed E-state index contributed by atoms with van der Waals surface area (Å²) < 4.78 is 0. The lowest BCUT2D eigenvalue weighted by molar-refractivity contribution is -0.122. The molecule has 22 heavy (non-hydrogen) atoms. The summed E-state index contributed by atoms with van der Waals surface area (Å²) in [6.07, 6.45) is 2.09. The van der Waals surface area contributed by atoms with Gasteiger partial charge in [-0.25, -0.2) is 0 Å². The summed E-state index contributed by atoms with van der Waals surface area (Å²) in [5.41, 5.74) is 1.19. The smallest absolute Gasteiger partial charge is 0.255 e. The molecule has 1 saturated heterocycles. The van der Waals surface area contributed by atoms with Gasteiger partial charge in [0.15, 0.2) is 5.11 Å². The summed E-state index contributed by atoms with van der Waals surface area (Å²) in [7, 11) is 0. The van der Waals surface area contributed by atoms with E-state index in [1.54, 1.807) is 26.0 Å². The first-order chi connectivity index (χ1) is 10.5. The minimum Gasteiger partial charge on any atom is -0.339 e. The van der Waals surface area contributed by atoms with Crippen LogP contribution >= 0.6 is 12.2 Å². The van der Waals surface area contributed by atoms with Crippen LogP contribution < -0.4 is 10.6 Å². The minimum atomic E-state index is -0.152. The quantitative estimate of drug-likeness (QED) is 0.840. The van der Waals surface area contributed by atoms with E-state index in [0.717, 1.165) is 25.9 Å². The number of para-hydroxylation sites is 1. The number of carbonyl (C=O) groups is 2. The number of anilines is 1. The number of rotatable bonds is 3. The summed E-state index contributed by atoms with van der Waals surface area (Å²) in [6.45, 7) is 5.18. The van der Waals surface area contributed by atoms with Crippen molar-refractivity contribution in [1.29, 1.82) is 0 Å². The molecule has 1 aliphatic heterocycles. The van der Waals surface area contributed by atoms with Crippen molar-refractivity contribution < 1.29 is 9.59 Å². The summed E-state index contributed by atoms with van der Waals surface area (Å²) >= 11 is 5.14. The van der Waals surface area contributed by atoms with Crippen molar-refractivity contribution in [2.45, 2.75) is 26.7 Å². The maximum absolute atomic E-state index is 12.5. The third kappa shape index (κ3) is 4.04. The van der Waals surface area contributed by atoms with E-state index < -0.39 is 0 Å². The molecule has 0 atom stereocenters. The van der Waals surface area contributed by atoms with Gasteiger partial charge in [0, 0.05) is 19.0 Å². The van der Waals surface area contributed by atoms with Gasteiger partial charge in [-0.2, -0.15) is 0 Å². The Bertz CT molecular complexity index is 581. The van der Waals surface area contributed by atoms with Gasteiger partial charge in [0.1, 0.15) is 0 Å². The summed E-state index contributed by atoms with van der Waals surface area (Å²) in [5.74, 6) is -0.305. The van der Waals surface area contributed by atoms with Crippen LogP contribution in [0.1, 0.15) is 37.0 Å². The van der Waals surface area contributed by atoms with Crippen molar-refractivity contribution in [3.63, 3.8) is 0 Å². The fourth-order valence-corrected chi connectivity index (χ4v) is 2.49. The fourth-order valence-electron chi connectivity index (χ4n) is 2.28.